The van der Waals surface area contributed by atoms with Crippen LogP contribution in [-0.2, 0) is 11.8 Å². The van der Waals surface area contributed by atoms with E-state index >= 15 is 0 Å². The number of ether oxygens (including phenoxy) is 3. The normalized spacial score (nSPS) is 18.0. The molecule has 0 bridgehead atoms. The minimum absolute atomic E-state index is 0.0724. The minimum Gasteiger partial charge on any atom is -0.493 e. The highest BCUT2D eigenvalue weighted by Crippen LogP contribution is 2.38. The van der Waals surface area contributed by atoms with Crippen molar-refractivity contribution in [2.75, 3.05) is 20.3 Å². The summed E-state index contributed by atoms with van der Waals surface area (Å²) in [4.78, 5) is 23.8. The molecule has 1 amide bonds. The third-order valence-electron chi connectivity index (χ3n) is 6.37. The minimum atomic E-state index is -0.449. The van der Waals surface area contributed by atoms with Gasteiger partial charge in [-0.25, -0.2) is 14.8 Å². The quantitative estimate of drug-likeness (QED) is 0.436. The Labute approximate surface area is 203 Å². The third-order valence-corrected chi connectivity index (χ3v) is 6.37. The molecule has 0 spiro atoms. The van der Waals surface area contributed by atoms with E-state index in [1.807, 2.05) is 57.4 Å². The van der Waals surface area contributed by atoms with Gasteiger partial charge in [-0.2, -0.15) is 5.10 Å². The second-order valence-electron chi connectivity index (χ2n) is 8.55. The number of benzene rings is 2. The van der Waals surface area contributed by atoms with Crippen LogP contribution in [0.25, 0.3) is 33.4 Å². The molecule has 1 saturated heterocycles. The number of nitrogens with zero attached hydrogens (tertiary/aromatic N) is 5. The number of amides is 1. The Balaban J connectivity index is 1.59. The number of aromatic nitrogens is 4. The first kappa shape index (κ1) is 22.8. The lowest BCUT2D eigenvalue weighted by Gasteiger charge is -2.36. The standard InChI is InChI=1S/C26H27N5O4/c1-16-17(2)34-11-10-31(16)26(32)35-23-12-19-21(13-22(23)33-4)27-15-28-25(19)20-14-30(3)29-24(20)18-8-6-5-7-9-18/h5-9,12-17H,10-11H2,1-4H3/t16-,17-/m0/s1. The second-order valence-corrected chi connectivity index (χ2v) is 8.55. The van der Waals surface area contributed by atoms with Gasteiger partial charge in [0.15, 0.2) is 11.5 Å². The molecule has 1 fully saturated rings. The lowest BCUT2D eigenvalue weighted by atomic mass is 10.0. The average Bonchev–Trinajstić information content (AvgIpc) is 3.26. The van der Waals surface area contributed by atoms with Crippen molar-refractivity contribution in [3.63, 3.8) is 0 Å². The van der Waals surface area contributed by atoms with E-state index in [4.69, 9.17) is 14.2 Å². The first-order valence-electron chi connectivity index (χ1n) is 11.5. The number of carbonyl (C=O) groups excluding carboxylic acids is 1. The molecular weight excluding hydrogens is 446 g/mol. The summed E-state index contributed by atoms with van der Waals surface area (Å²) in [6, 6.07) is 13.3. The summed E-state index contributed by atoms with van der Waals surface area (Å²) in [7, 11) is 3.41. The Morgan fingerprint density at radius 2 is 1.89 bits per heavy atom. The molecule has 9 heteroatoms. The molecule has 2 aromatic carbocycles. The lowest BCUT2D eigenvalue weighted by molar-refractivity contribution is -0.0443. The molecule has 35 heavy (non-hydrogen) atoms. The van der Waals surface area contributed by atoms with Gasteiger partial charge in [-0.1, -0.05) is 30.3 Å². The molecule has 2 aromatic heterocycles. The van der Waals surface area contributed by atoms with E-state index in [1.165, 1.54) is 13.4 Å². The maximum atomic E-state index is 13.1. The van der Waals surface area contributed by atoms with Crippen LogP contribution in [0.3, 0.4) is 0 Å². The highest BCUT2D eigenvalue weighted by atomic mass is 16.6. The predicted octanol–water partition coefficient (Wildman–Crippen LogP) is 4.31. The summed E-state index contributed by atoms with van der Waals surface area (Å²) in [6.07, 6.45) is 2.92. The highest BCUT2D eigenvalue weighted by molar-refractivity contribution is 5.97. The predicted molar refractivity (Wildman–Crippen MR) is 131 cm³/mol. The van der Waals surface area contributed by atoms with Crippen molar-refractivity contribution in [2.45, 2.75) is 26.0 Å². The number of rotatable bonds is 4. The van der Waals surface area contributed by atoms with Gasteiger partial charge in [0.25, 0.3) is 0 Å². The zero-order chi connectivity index (χ0) is 24.5. The van der Waals surface area contributed by atoms with E-state index < -0.39 is 6.09 Å². The van der Waals surface area contributed by atoms with Gasteiger partial charge in [0.2, 0.25) is 0 Å². The molecule has 2 atom stereocenters. The van der Waals surface area contributed by atoms with Crippen molar-refractivity contribution in [3.05, 3.63) is 55.0 Å². The molecule has 1 aliphatic heterocycles. The van der Waals surface area contributed by atoms with Crippen LogP contribution in [0.1, 0.15) is 13.8 Å². The Hall–Kier alpha value is -3.98. The number of hydrogen-bond donors (Lipinski definition) is 0. The lowest BCUT2D eigenvalue weighted by Crippen LogP contribution is -2.52. The number of methoxy groups -OCH3 is 1. The summed E-state index contributed by atoms with van der Waals surface area (Å²) in [5, 5.41) is 5.40. The van der Waals surface area contributed by atoms with Crippen molar-refractivity contribution >= 4 is 17.0 Å². The van der Waals surface area contributed by atoms with E-state index in [0.29, 0.717) is 35.9 Å². The summed E-state index contributed by atoms with van der Waals surface area (Å²) in [5.74, 6) is 0.719. The van der Waals surface area contributed by atoms with Gasteiger partial charge in [0, 0.05) is 42.4 Å². The van der Waals surface area contributed by atoms with Gasteiger partial charge < -0.3 is 19.1 Å². The van der Waals surface area contributed by atoms with Crippen molar-refractivity contribution in [1.29, 1.82) is 0 Å². The number of fused-ring (bicyclic) bond motifs is 1. The highest BCUT2D eigenvalue weighted by Gasteiger charge is 2.31. The molecule has 0 unspecified atom stereocenters. The van der Waals surface area contributed by atoms with Crippen LogP contribution in [0, 0.1) is 0 Å². The molecule has 180 valence electrons. The fraction of sp³-hybridized carbons (Fsp3) is 0.308. The summed E-state index contributed by atoms with van der Waals surface area (Å²) in [6.45, 7) is 4.83. The number of morpholine rings is 1. The molecule has 0 aliphatic carbocycles. The SMILES string of the molecule is COc1cc2ncnc(-c3cn(C)nc3-c3ccccc3)c2cc1OC(=O)N1CCO[C@@H](C)[C@@H]1C. The zero-order valence-electron chi connectivity index (χ0n) is 20.1. The summed E-state index contributed by atoms with van der Waals surface area (Å²) in [5.41, 5.74) is 3.99. The van der Waals surface area contributed by atoms with Gasteiger partial charge in [-0.15, -0.1) is 0 Å². The maximum absolute atomic E-state index is 13.1. The van der Waals surface area contributed by atoms with Crippen LogP contribution < -0.4 is 9.47 Å². The van der Waals surface area contributed by atoms with Crippen LogP contribution in [0.4, 0.5) is 4.79 Å². The Bertz CT molecular complexity index is 1370. The smallest absolute Gasteiger partial charge is 0.415 e. The maximum Gasteiger partial charge on any atom is 0.415 e. The average molecular weight is 474 g/mol. The van der Waals surface area contributed by atoms with E-state index in [2.05, 4.69) is 15.1 Å². The molecule has 0 saturated carbocycles. The van der Waals surface area contributed by atoms with Crippen molar-refractivity contribution in [2.24, 2.45) is 7.05 Å². The number of carbonyl (C=O) groups is 1. The van der Waals surface area contributed by atoms with Gasteiger partial charge >= 0.3 is 6.09 Å². The monoisotopic (exact) mass is 473 g/mol. The fourth-order valence-corrected chi connectivity index (χ4v) is 4.33. The van der Waals surface area contributed by atoms with Crippen LogP contribution in [0.2, 0.25) is 0 Å². The van der Waals surface area contributed by atoms with Crippen molar-refractivity contribution in [3.8, 4) is 34.0 Å². The van der Waals surface area contributed by atoms with Gasteiger partial charge in [0.05, 0.1) is 37.1 Å². The van der Waals surface area contributed by atoms with Crippen LogP contribution in [-0.4, -0.2) is 63.1 Å². The Morgan fingerprint density at radius 3 is 2.66 bits per heavy atom. The molecular formula is C26H27N5O4. The topological polar surface area (TPSA) is 91.6 Å². The molecule has 9 nitrogen and oxygen atoms in total. The van der Waals surface area contributed by atoms with E-state index in [1.54, 1.807) is 21.7 Å². The van der Waals surface area contributed by atoms with Crippen LogP contribution in [0.15, 0.2) is 55.0 Å². The molecule has 3 heterocycles. The van der Waals surface area contributed by atoms with Crippen LogP contribution in [0.5, 0.6) is 11.5 Å². The second kappa shape index (κ2) is 9.34. The zero-order valence-corrected chi connectivity index (χ0v) is 20.1. The van der Waals surface area contributed by atoms with Gasteiger partial charge in [-0.3, -0.25) is 4.68 Å². The molecule has 4 aromatic rings. The van der Waals surface area contributed by atoms with Crippen LogP contribution >= 0.6 is 0 Å². The Kier molecular flexibility index (Phi) is 6.08. The first-order chi connectivity index (χ1) is 17.0. The number of aryl methyl sites for hydroxylation is 1. The summed E-state index contributed by atoms with van der Waals surface area (Å²) >= 11 is 0. The molecule has 1 aliphatic rings. The van der Waals surface area contributed by atoms with Crippen molar-refractivity contribution < 1.29 is 19.0 Å². The van der Waals surface area contributed by atoms with E-state index in [9.17, 15) is 4.79 Å². The number of hydrogen-bond acceptors (Lipinski definition) is 7. The van der Waals surface area contributed by atoms with E-state index in [-0.39, 0.29) is 12.1 Å². The van der Waals surface area contributed by atoms with E-state index in [0.717, 1.165) is 22.2 Å². The summed E-state index contributed by atoms with van der Waals surface area (Å²) < 4.78 is 18.8. The van der Waals surface area contributed by atoms with Gasteiger partial charge in [-0.05, 0) is 19.9 Å². The molecule has 5 rings (SSSR count). The third kappa shape index (κ3) is 4.30. The molecule has 0 N–H and O–H groups in total. The first-order valence-corrected chi connectivity index (χ1v) is 11.5. The largest absolute Gasteiger partial charge is 0.493 e. The van der Waals surface area contributed by atoms with Gasteiger partial charge in [0.1, 0.15) is 12.0 Å². The fourth-order valence-electron chi connectivity index (χ4n) is 4.33. The Morgan fingerprint density at radius 1 is 1.09 bits per heavy atom. The molecule has 0 radical (unpaired) electrons. The van der Waals surface area contributed by atoms with Crippen molar-refractivity contribution in [1.82, 2.24) is 24.6 Å².